The van der Waals surface area contributed by atoms with Gasteiger partial charge in [0, 0.05) is 30.2 Å². The van der Waals surface area contributed by atoms with Gasteiger partial charge in [-0.3, -0.25) is 9.59 Å². The van der Waals surface area contributed by atoms with Crippen LogP contribution >= 0.6 is 11.6 Å². The van der Waals surface area contributed by atoms with Crippen molar-refractivity contribution in [2.75, 3.05) is 24.6 Å². The minimum Gasteiger partial charge on any atom is -0.484 e. The lowest BCUT2D eigenvalue weighted by Crippen LogP contribution is -2.84. The second kappa shape index (κ2) is 7.92. The van der Waals surface area contributed by atoms with Gasteiger partial charge in [-0.05, 0) is 56.4 Å². The molecule has 4 aliphatic rings. The van der Waals surface area contributed by atoms with Crippen molar-refractivity contribution in [1.82, 2.24) is 15.6 Å². The highest BCUT2D eigenvalue weighted by Gasteiger charge is 2.69. The van der Waals surface area contributed by atoms with Gasteiger partial charge in [-0.25, -0.2) is 9.37 Å². The first-order chi connectivity index (χ1) is 15.4. The number of pyridine rings is 1. The number of carbonyl (C=O) groups is 2. The lowest BCUT2D eigenvalue weighted by molar-refractivity contribution is -0.141. The van der Waals surface area contributed by atoms with Crippen LogP contribution in [0.2, 0.25) is 5.02 Å². The molecule has 1 aliphatic heterocycles. The fraction of sp³-hybridized carbons (Fsp3) is 0.435. The van der Waals surface area contributed by atoms with Gasteiger partial charge in [0.25, 0.3) is 11.8 Å². The van der Waals surface area contributed by atoms with E-state index < -0.39 is 5.82 Å². The predicted molar refractivity (Wildman–Crippen MR) is 118 cm³/mol. The maximum Gasteiger partial charge on any atom is 0.270 e. The molecule has 1 saturated heterocycles. The highest BCUT2D eigenvalue weighted by molar-refractivity contribution is 6.30. The topological polar surface area (TPSA) is 83.6 Å². The fourth-order valence-electron chi connectivity index (χ4n) is 5.09. The molecule has 7 nitrogen and oxygen atoms in total. The number of nitrogens with one attached hydrogen (secondary N) is 2. The van der Waals surface area contributed by atoms with Crippen molar-refractivity contribution in [2.45, 2.75) is 43.2 Å². The number of halogens is 2. The molecule has 2 bridgehead atoms. The average molecular weight is 459 g/mol. The molecule has 32 heavy (non-hydrogen) atoms. The van der Waals surface area contributed by atoms with Crippen LogP contribution in [-0.2, 0) is 4.79 Å². The highest BCUT2D eigenvalue weighted by Crippen LogP contribution is 2.60. The van der Waals surface area contributed by atoms with E-state index in [4.69, 9.17) is 16.3 Å². The maximum atomic E-state index is 13.5. The van der Waals surface area contributed by atoms with Gasteiger partial charge in [0.05, 0.1) is 16.9 Å². The van der Waals surface area contributed by atoms with E-state index in [1.54, 1.807) is 12.3 Å². The third-order valence-electron chi connectivity index (χ3n) is 6.53. The maximum absolute atomic E-state index is 13.5. The lowest BCUT2D eigenvalue weighted by atomic mass is 9.44. The number of nitrogens with zero attached hydrogens (tertiary/aromatic N) is 2. The first-order valence-corrected chi connectivity index (χ1v) is 11.2. The molecular weight excluding hydrogens is 435 g/mol. The van der Waals surface area contributed by atoms with Crippen LogP contribution < -0.4 is 20.3 Å². The number of hydrogen-bond acceptors (Lipinski definition) is 5. The second-order valence-electron chi connectivity index (χ2n) is 9.05. The van der Waals surface area contributed by atoms with Gasteiger partial charge in [0.1, 0.15) is 17.3 Å². The number of amides is 2. The first kappa shape index (κ1) is 21.0. The number of ether oxygens (including phenoxy) is 1. The summed E-state index contributed by atoms with van der Waals surface area (Å²) >= 11 is 5.64. The Morgan fingerprint density at radius 3 is 2.47 bits per heavy atom. The van der Waals surface area contributed by atoms with E-state index in [1.807, 2.05) is 6.07 Å². The molecule has 168 valence electrons. The van der Waals surface area contributed by atoms with Crippen LogP contribution in [0.1, 0.15) is 42.6 Å². The van der Waals surface area contributed by atoms with Crippen LogP contribution in [-0.4, -0.2) is 47.6 Å². The number of hydrogen-bond donors (Lipinski definition) is 2. The molecule has 1 aromatic heterocycles. The number of anilines is 1. The standard InChI is InChI=1S/C23H24ClFN4O3/c24-17-5-4-16(9-18(17)25)32-11-20(30)27-22-12-23(13-22,14-22)28-21(31)19-6-3-15(10-26-19)29-7-1-2-8-29/h3-6,9-10H,1-2,7-8,11-14H2,(H,27,30)(H,28,31). The van der Waals surface area contributed by atoms with Crippen LogP contribution in [0.25, 0.3) is 0 Å². The van der Waals surface area contributed by atoms with Gasteiger partial charge in [-0.2, -0.15) is 0 Å². The normalized spacial score (nSPS) is 25.5. The van der Waals surface area contributed by atoms with Crippen LogP contribution in [0.3, 0.4) is 0 Å². The Balaban J connectivity index is 1.08. The SMILES string of the molecule is O=C(COc1ccc(Cl)c(F)c1)NC12CC(NC(=O)c3ccc(N4CCCC4)cn3)(C1)C2. The van der Waals surface area contributed by atoms with Crippen molar-refractivity contribution in [2.24, 2.45) is 0 Å². The minimum atomic E-state index is -0.596. The van der Waals surface area contributed by atoms with E-state index in [0.29, 0.717) is 25.0 Å². The van der Waals surface area contributed by atoms with Crippen molar-refractivity contribution in [3.8, 4) is 5.75 Å². The molecule has 6 rings (SSSR count). The Morgan fingerprint density at radius 2 is 1.81 bits per heavy atom. The highest BCUT2D eigenvalue weighted by atomic mass is 35.5. The smallest absolute Gasteiger partial charge is 0.270 e. The quantitative estimate of drug-likeness (QED) is 0.666. The van der Waals surface area contributed by atoms with Crippen molar-refractivity contribution in [3.63, 3.8) is 0 Å². The van der Waals surface area contributed by atoms with Gasteiger partial charge in [-0.1, -0.05) is 11.6 Å². The fourth-order valence-corrected chi connectivity index (χ4v) is 5.21. The molecule has 0 unspecified atom stereocenters. The third-order valence-corrected chi connectivity index (χ3v) is 6.83. The summed E-state index contributed by atoms with van der Waals surface area (Å²) in [6.45, 7) is 1.85. The van der Waals surface area contributed by atoms with E-state index in [2.05, 4.69) is 20.5 Å². The molecule has 2 aromatic rings. The molecule has 3 aliphatic carbocycles. The zero-order valence-electron chi connectivity index (χ0n) is 17.5. The molecule has 2 heterocycles. The summed E-state index contributed by atoms with van der Waals surface area (Å²) < 4.78 is 18.8. The summed E-state index contributed by atoms with van der Waals surface area (Å²) in [5.41, 5.74) is 0.875. The summed E-state index contributed by atoms with van der Waals surface area (Å²) in [6, 6.07) is 7.75. The zero-order chi connectivity index (χ0) is 22.3. The van der Waals surface area contributed by atoms with Crippen LogP contribution in [0.5, 0.6) is 5.75 Å². The van der Waals surface area contributed by atoms with E-state index in [1.165, 1.54) is 25.0 Å². The second-order valence-corrected chi connectivity index (χ2v) is 9.46. The van der Waals surface area contributed by atoms with E-state index >= 15 is 0 Å². The molecular formula is C23H24ClFN4O3. The number of rotatable bonds is 7. The van der Waals surface area contributed by atoms with Gasteiger partial charge in [0.2, 0.25) is 0 Å². The molecule has 0 atom stereocenters. The molecule has 1 aromatic carbocycles. The van der Waals surface area contributed by atoms with E-state index in [-0.39, 0.29) is 40.3 Å². The van der Waals surface area contributed by atoms with Crippen molar-refractivity contribution >= 4 is 29.1 Å². The number of benzene rings is 1. The molecule has 3 saturated carbocycles. The summed E-state index contributed by atoms with van der Waals surface area (Å²) in [7, 11) is 0. The average Bonchev–Trinajstić information content (AvgIpc) is 3.27. The Bertz CT molecular complexity index is 1040. The van der Waals surface area contributed by atoms with Gasteiger partial charge >= 0.3 is 0 Å². The first-order valence-electron chi connectivity index (χ1n) is 10.8. The largest absolute Gasteiger partial charge is 0.484 e. The molecule has 4 fully saturated rings. The number of aromatic nitrogens is 1. The van der Waals surface area contributed by atoms with E-state index in [0.717, 1.165) is 24.8 Å². The molecule has 2 N–H and O–H groups in total. The third kappa shape index (κ3) is 3.99. The molecule has 0 spiro atoms. The molecule has 9 heteroatoms. The molecule has 2 amide bonds. The van der Waals surface area contributed by atoms with Crippen LogP contribution in [0.15, 0.2) is 36.5 Å². The Hall–Kier alpha value is -2.87. The van der Waals surface area contributed by atoms with Gasteiger partial charge in [-0.15, -0.1) is 0 Å². The van der Waals surface area contributed by atoms with Crippen molar-refractivity contribution in [3.05, 3.63) is 53.1 Å². The summed E-state index contributed by atoms with van der Waals surface area (Å²) in [4.78, 5) is 31.5. The Labute approximate surface area is 190 Å². The van der Waals surface area contributed by atoms with Gasteiger partial charge in [0.15, 0.2) is 6.61 Å². The van der Waals surface area contributed by atoms with Gasteiger partial charge < -0.3 is 20.3 Å². The summed E-state index contributed by atoms with van der Waals surface area (Å²) in [6.07, 6.45) is 6.18. The predicted octanol–water partition coefficient (Wildman–Crippen LogP) is 3.07. The van der Waals surface area contributed by atoms with Crippen molar-refractivity contribution in [1.29, 1.82) is 0 Å². The van der Waals surface area contributed by atoms with E-state index in [9.17, 15) is 14.0 Å². The summed E-state index contributed by atoms with van der Waals surface area (Å²) in [5.74, 6) is -0.821. The Morgan fingerprint density at radius 1 is 1.09 bits per heavy atom. The minimum absolute atomic E-state index is 0.000693. The Kier molecular flexibility index (Phi) is 5.20. The zero-order valence-corrected chi connectivity index (χ0v) is 18.3. The monoisotopic (exact) mass is 458 g/mol. The lowest BCUT2D eigenvalue weighted by Gasteiger charge is -2.70. The summed E-state index contributed by atoms with van der Waals surface area (Å²) in [5, 5.41) is 6.06. The number of carbonyl (C=O) groups excluding carboxylic acids is 2. The van der Waals surface area contributed by atoms with Crippen molar-refractivity contribution < 1.29 is 18.7 Å². The molecule has 0 radical (unpaired) electrons. The van der Waals surface area contributed by atoms with Crippen LogP contribution in [0.4, 0.5) is 10.1 Å². The van der Waals surface area contributed by atoms with Crippen LogP contribution in [0, 0.1) is 5.82 Å².